The van der Waals surface area contributed by atoms with Crippen LogP contribution in [0.3, 0.4) is 0 Å². The second-order valence-corrected chi connectivity index (χ2v) is 23.6. The van der Waals surface area contributed by atoms with E-state index in [1.807, 2.05) is 13.8 Å². The van der Waals surface area contributed by atoms with Gasteiger partial charge in [-0.3, -0.25) is 24.1 Å². The van der Waals surface area contributed by atoms with E-state index in [0.717, 1.165) is 83.0 Å². The molecule has 0 unspecified atom stereocenters. The molecule has 2 N–H and O–H groups in total. The zero-order valence-corrected chi connectivity index (χ0v) is 40.4. The number of aliphatic carboxylic acids is 1. The van der Waals surface area contributed by atoms with E-state index in [1.54, 1.807) is 18.2 Å². The summed E-state index contributed by atoms with van der Waals surface area (Å²) >= 11 is 6.39. The number of nitrogens with one attached hydrogen (secondary N) is 1. The van der Waals surface area contributed by atoms with Crippen LogP contribution >= 0.6 is 11.6 Å². The lowest BCUT2D eigenvalue weighted by Gasteiger charge is -2.72. The largest absolute Gasteiger partial charge is 0.491 e. The molecular formula is C52H75ClN2O8. The van der Waals surface area contributed by atoms with E-state index in [2.05, 4.69) is 58.7 Å². The summed E-state index contributed by atoms with van der Waals surface area (Å²) in [6.45, 7) is 25.3. The number of carboxylic acids is 1. The maximum atomic E-state index is 14.3. The number of amides is 1. The molecule has 348 valence electrons. The van der Waals surface area contributed by atoms with Crippen molar-refractivity contribution in [1.29, 1.82) is 0 Å². The van der Waals surface area contributed by atoms with Gasteiger partial charge in [0.1, 0.15) is 18.5 Å². The number of esters is 1. The van der Waals surface area contributed by atoms with Crippen molar-refractivity contribution >= 4 is 35.2 Å². The van der Waals surface area contributed by atoms with Gasteiger partial charge in [-0.25, -0.2) is 0 Å². The Morgan fingerprint density at radius 3 is 2.32 bits per heavy atom. The van der Waals surface area contributed by atoms with Gasteiger partial charge in [-0.1, -0.05) is 79.5 Å². The molecule has 1 saturated heterocycles. The fraction of sp³-hybridized carbons (Fsp3) is 0.769. The normalized spacial score (nSPS) is 38.1. The number of hydrogen-bond donors (Lipinski definition) is 2. The van der Waals surface area contributed by atoms with E-state index in [1.165, 1.54) is 5.57 Å². The number of halogens is 1. The highest BCUT2D eigenvalue weighted by Gasteiger charge is 2.70. The summed E-state index contributed by atoms with van der Waals surface area (Å²) < 4.78 is 18.1. The minimum Gasteiger partial charge on any atom is -0.491 e. The molecule has 7 aliphatic rings. The summed E-state index contributed by atoms with van der Waals surface area (Å²) in [6, 6.07) is 5.21. The van der Waals surface area contributed by atoms with Crippen molar-refractivity contribution in [2.75, 3.05) is 46.0 Å². The van der Waals surface area contributed by atoms with Crippen LogP contribution in [0.5, 0.6) is 5.75 Å². The number of rotatable bonds is 12. The Morgan fingerprint density at radius 2 is 1.63 bits per heavy atom. The molecule has 10 atom stereocenters. The SMILES string of the molecule is CC(C)C1=C2[C@H]3CC[C@@H]4[C@@]5(C)CC[C@H](OC(=O)[C@H]6C[C@@H](C(=O)O)C6(C)C)C(C)(C)[C@@H]5CC[C@@]4(C)[C@]3(C)CC[C@@]2(CCNC(=O)c2ccc(Cl)cc2OCCN2CCOCC2)CC1=O. The molecule has 5 saturated carbocycles. The van der Waals surface area contributed by atoms with Crippen LogP contribution in [0.2, 0.25) is 5.02 Å². The highest BCUT2D eigenvalue weighted by molar-refractivity contribution is 6.30. The Balaban J connectivity index is 0.976. The van der Waals surface area contributed by atoms with Crippen molar-refractivity contribution in [3.05, 3.63) is 39.9 Å². The molecule has 6 fully saturated rings. The molecule has 1 aromatic carbocycles. The van der Waals surface area contributed by atoms with Gasteiger partial charge in [-0.15, -0.1) is 0 Å². The molecule has 63 heavy (non-hydrogen) atoms. The molecule has 10 nitrogen and oxygen atoms in total. The molecule has 11 heteroatoms. The first-order chi connectivity index (χ1) is 29.6. The van der Waals surface area contributed by atoms with E-state index in [-0.39, 0.29) is 56.9 Å². The van der Waals surface area contributed by atoms with E-state index in [0.29, 0.717) is 79.1 Å². The highest BCUT2D eigenvalue weighted by Crippen LogP contribution is 2.77. The average Bonchev–Trinajstić information content (AvgIpc) is 3.51. The van der Waals surface area contributed by atoms with Gasteiger partial charge in [0, 0.05) is 48.5 Å². The van der Waals surface area contributed by atoms with Crippen LogP contribution in [-0.2, 0) is 23.9 Å². The predicted molar refractivity (Wildman–Crippen MR) is 243 cm³/mol. The molecular weight excluding hydrogens is 816 g/mol. The maximum absolute atomic E-state index is 14.3. The van der Waals surface area contributed by atoms with Gasteiger partial charge >= 0.3 is 11.9 Å². The van der Waals surface area contributed by atoms with Crippen LogP contribution in [0, 0.1) is 68.0 Å². The standard InChI is InChI=1S/C52H75ClN2O8/c1-31(2)42-37(56)30-52(20-21-54-44(57)33-11-10-32(53)28-38(33)62-27-24-55-22-25-61-26-23-55)19-18-50(8)34(43(42)52)12-13-40-49(7)16-15-41(48(5,6)39(49)14-17-51(40,50)9)63-46(60)36-29-35(45(58)59)47(36,3)4/h10-11,28,31,34-36,39-41H,12-27,29-30H2,1-9H3,(H,54,57)(H,58,59)/t34-,35+,36-,39+,40-,41+,49+,50-,51-,52-/m1/s1. The minimum atomic E-state index is -0.833. The lowest BCUT2D eigenvalue weighted by Crippen LogP contribution is -2.66. The van der Waals surface area contributed by atoms with E-state index in [4.69, 9.17) is 25.8 Å². The number of carbonyl (C=O) groups excluding carboxylic acids is 3. The zero-order chi connectivity index (χ0) is 45.5. The zero-order valence-electron chi connectivity index (χ0n) is 39.6. The van der Waals surface area contributed by atoms with Gasteiger partial charge in [0.25, 0.3) is 5.91 Å². The van der Waals surface area contributed by atoms with E-state index >= 15 is 0 Å². The molecule has 8 rings (SSSR count). The van der Waals surface area contributed by atoms with Crippen LogP contribution in [0.1, 0.15) is 143 Å². The average molecular weight is 892 g/mol. The van der Waals surface area contributed by atoms with Gasteiger partial charge in [-0.05, 0) is 133 Å². The van der Waals surface area contributed by atoms with Crippen LogP contribution in [0.25, 0.3) is 0 Å². The second kappa shape index (κ2) is 16.7. The van der Waals surface area contributed by atoms with Crippen LogP contribution in [-0.4, -0.2) is 85.7 Å². The molecule has 6 aliphatic carbocycles. The van der Waals surface area contributed by atoms with Gasteiger partial charge in [-0.2, -0.15) is 0 Å². The third kappa shape index (κ3) is 7.60. The van der Waals surface area contributed by atoms with Crippen LogP contribution < -0.4 is 10.1 Å². The molecule has 1 aromatic rings. The fourth-order valence-corrected chi connectivity index (χ4v) is 15.8. The number of carboxylic acid groups (broad SMARTS) is 1. The molecule has 0 bridgehead atoms. The number of carbonyl (C=O) groups is 4. The summed E-state index contributed by atoms with van der Waals surface area (Å²) in [5.41, 5.74) is 1.99. The van der Waals surface area contributed by atoms with Crippen molar-refractivity contribution in [3.63, 3.8) is 0 Å². The minimum absolute atomic E-state index is 0.0114. The molecule has 1 aliphatic heterocycles. The summed E-state index contributed by atoms with van der Waals surface area (Å²) in [5, 5.41) is 13.5. The number of hydrogen-bond acceptors (Lipinski definition) is 8. The van der Waals surface area contributed by atoms with Crippen molar-refractivity contribution in [1.82, 2.24) is 10.2 Å². The van der Waals surface area contributed by atoms with Crippen molar-refractivity contribution in [3.8, 4) is 5.75 Å². The third-order valence-corrected chi connectivity index (χ3v) is 19.7. The Kier molecular flexibility index (Phi) is 12.4. The summed E-state index contributed by atoms with van der Waals surface area (Å²) in [4.78, 5) is 55.9. The number of ether oxygens (including phenoxy) is 3. The van der Waals surface area contributed by atoms with Crippen molar-refractivity contribution < 1.29 is 38.5 Å². The second-order valence-electron chi connectivity index (χ2n) is 23.2. The third-order valence-electron chi connectivity index (χ3n) is 19.5. The Morgan fingerprint density at radius 1 is 0.905 bits per heavy atom. The number of allylic oxidation sites excluding steroid dienone is 2. The van der Waals surface area contributed by atoms with Crippen LogP contribution in [0.15, 0.2) is 29.3 Å². The lowest BCUT2D eigenvalue weighted by atomic mass is 9.33. The molecule has 1 heterocycles. The smallest absolute Gasteiger partial charge is 0.309 e. The lowest BCUT2D eigenvalue weighted by molar-refractivity contribution is -0.236. The number of nitrogens with zero attached hydrogens (tertiary/aromatic N) is 1. The Hall–Kier alpha value is -2.95. The number of ketones is 1. The number of morpholine rings is 1. The first-order valence-electron chi connectivity index (χ1n) is 24.3. The summed E-state index contributed by atoms with van der Waals surface area (Å²) in [7, 11) is 0. The Bertz CT molecular complexity index is 2020. The van der Waals surface area contributed by atoms with E-state index in [9.17, 15) is 24.3 Å². The predicted octanol–water partition coefficient (Wildman–Crippen LogP) is 9.81. The molecule has 0 aromatic heterocycles. The fourth-order valence-electron chi connectivity index (χ4n) is 15.6. The number of fused-ring (bicyclic) bond motifs is 7. The maximum Gasteiger partial charge on any atom is 0.309 e. The first kappa shape index (κ1) is 46.6. The van der Waals surface area contributed by atoms with E-state index < -0.39 is 17.3 Å². The molecule has 0 spiro atoms. The van der Waals surface area contributed by atoms with Gasteiger partial charge in [0.05, 0.1) is 30.6 Å². The van der Waals surface area contributed by atoms with Crippen LogP contribution in [0.4, 0.5) is 0 Å². The number of Topliss-reactive ketones (excluding diaryl/α,β-unsaturated/α-hetero) is 1. The van der Waals surface area contributed by atoms with Gasteiger partial charge in [0.15, 0.2) is 5.78 Å². The molecule has 0 radical (unpaired) electrons. The van der Waals surface area contributed by atoms with Gasteiger partial charge < -0.3 is 24.6 Å². The quantitative estimate of drug-likeness (QED) is 0.197. The summed E-state index contributed by atoms with van der Waals surface area (Å²) in [5.74, 6) is -0.0411. The highest BCUT2D eigenvalue weighted by atomic mass is 35.5. The first-order valence-corrected chi connectivity index (χ1v) is 24.7. The van der Waals surface area contributed by atoms with Crippen molar-refractivity contribution in [2.45, 2.75) is 139 Å². The Labute approximate surface area is 381 Å². The molecule has 1 amide bonds. The monoisotopic (exact) mass is 891 g/mol. The number of benzene rings is 1. The summed E-state index contributed by atoms with van der Waals surface area (Å²) in [6.07, 6.45) is 9.56. The van der Waals surface area contributed by atoms with Crippen molar-refractivity contribution in [2.24, 2.45) is 68.0 Å². The topological polar surface area (TPSA) is 131 Å². The van der Waals surface area contributed by atoms with Gasteiger partial charge in [0.2, 0.25) is 0 Å².